The third-order valence-corrected chi connectivity index (χ3v) is 2.69. The van der Waals surface area contributed by atoms with Gasteiger partial charge in [-0.25, -0.2) is 4.85 Å². The molecular weight excluding hydrogens is 236 g/mol. The molecule has 0 saturated carbocycles. The Balaban J connectivity index is 3.20. The Morgan fingerprint density at radius 2 is 2.06 bits per heavy atom. The predicted octanol–water partition coefficient (Wildman–Crippen LogP) is 1.28. The van der Waals surface area contributed by atoms with E-state index in [1.165, 1.54) is 6.92 Å². The number of ether oxygens (including phenoxy) is 1. The van der Waals surface area contributed by atoms with Crippen LogP contribution in [0.15, 0.2) is 4.79 Å². The standard InChI is InChI=1S/C12H14N2O4/c1-7-8(2)11(16)14(5-6-18-9(3)15)12(17)10(7)13-4/h16H,5-6H2,1-3H3. The molecular formula is C12H14N2O4. The van der Waals surface area contributed by atoms with Crippen molar-refractivity contribution in [3.05, 3.63) is 32.9 Å². The fraction of sp³-hybridized carbons (Fsp3) is 0.417. The van der Waals surface area contributed by atoms with E-state index in [2.05, 4.69) is 4.85 Å². The summed E-state index contributed by atoms with van der Waals surface area (Å²) < 4.78 is 5.75. The average Bonchev–Trinajstić information content (AvgIpc) is 2.31. The van der Waals surface area contributed by atoms with Crippen LogP contribution in [0.3, 0.4) is 0 Å². The summed E-state index contributed by atoms with van der Waals surface area (Å²) in [6.07, 6.45) is 0. The number of aromatic hydroxyl groups is 1. The quantitative estimate of drug-likeness (QED) is 0.648. The second-order valence-corrected chi connectivity index (χ2v) is 3.83. The van der Waals surface area contributed by atoms with Gasteiger partial charge in [0.15, 0.2) is 5.88 Å². The summed E-state index contributed by atoms with van der Waals surface area (Å²) in [5, 5.41) is 9.86. The van der Waals surface area contributed by atoms with Gasteiger partial charge in [-0.1, -0.05) is 0 Å². The van der Waals surface area contributed by atoms with Gasteiger partial charge in [0.1, 0.15) is 6.61 Å². The van der Waals surface area contributed by atoms with Crippen molar-refractivity contribution in [3.63, 3.8) is 0 Å². The number of esters is 1. The highest BCUT2D eigenvalue weighted by Gasteiger charge is 2.16. The van der Waals surface area contributed by atoms with E-state index < -0.39 is 11.5 Å². The molecule has 0 aliphatic heterocycles. The molecule has 18 heavy (non-hydrogen) atoms. The SMILES string of the molecule is [C-]#[N+]c1c(C)c(C)c(O)n(CCOC(C)=O)c1=O. The van der Waals surface area contributed by atoms with Crippen molar-refractivity contribution >= 4 is 11.7 Å². The largest absolute Gasteiger partial charge is 0.494 e. The van der Waals surface area contributed by atoms with Crippen LogP contribution in [-0.4, -0.2) is 22.2 Å². The van der Waals surface area contributed by atoms with Crippen molar-refractivity contribution in [1.82, 2.24) is 4.57 Å². The van der Waals surface area contributed by atoms with Gasteiger partial charge < -0.3 is 9.84 Å². The molecule has 96 valence electrons. The fourth-order valence-electron chi connectivity index (χ4n) is 1.55. The van der Waals surface area contributed by atoms with Crippen LogP contribution in [0.2, 0.25) is 0 Å². The minimum atomic E-state index is -0.572. The molecule has 1 aromatic rings. The lowest BCUT2D eigenvalue weighted by molar-refractivity contribution is -0.141. The fourth-order valence-corrected chi connectivity index (χ4v) is 1.55. The third kappa shape index (κ3) is 2.51. The summed E-state index contributed by atoms with van der Waals surface area (Å²) in [5.41, 5.74) is 0.352. The highest BCUT2D eigenvalue weighted by Crippen LogP contribution is 2.24. The van der Waals surface area contributed by atoms with Crippen molar-refractivity contribution in [2.75, 3.05) is 6.61 Å². The number of carbonyl (C=O) groups excluding carboxylic acids is 1. The van der Waals surface area contributed by atoms with Gasteiger partial charge in [0.05, 0.1) is 13.1 Å². The Morgan fingerprint density at radius 1 is 1.44 bits per heavy atom. The summed E-state index contributed by atoms with van der Waals surface area (Å²) in [6, 6.07) is 0. The molecule has 6 nitrogen and oxygen atoms in total. The molecule has 1 N–H and O–H groups in total. The van der Waals surface area contributed by atoms with E-state index in [1.807, 2.05) is 0 Å². The van der Waals surface area contributed by atoms with Crippen molar-refractivity contribution in [3.8, 4) is 5.88 Å². The van der Waals surface area contributed by atoms with Crippen LogP contribution in [0.1, 0.15) is 18.1 Å². The number of hydrogen-bond donors (Lipinski definition) is 1. The normalized spacial score (nSPS) is 9.89. The molecule has 0 saturated heterocycles. The Kier molecular flexibility index (Phi) is 4.10. The van der Waals surface area contributed by atoms with E-state index in [0.717, 1.165) is 4.57 Å². The predicted molar refractivity (Wildman–Crippen MR) is 64.7 cm³/mol. The van der Waals surface area contributed by atoms with Crippen LogP contribution in [0.25, 0.3) is 4.85 Å². The Morgan fingerprint density at radius 3 is 2.56 bits per heavy atom. The smallest absolute Gasteiger partial charge is 0.302 e. The van der Waals surface area contributed by atoms with Gasteiger partial charge in [-0.05, 0) is 19.4 Å². The molecule has 1 aromatic heterocycles. The topological polar surface area (TPSA) is 72.9 Å². The summed E-state index contributed by atoms with van der Waals surface area (Å²) >= 11 is 0. The minimum Gasteiger partial charge on any atom is -0.494 e. The Labute approximate surface area is 104 Å². The number of aromatic nitrogens is 1. The summed E-state index contributed by atoms with van der Waals surface area (Å²) in [4.78, 5) is 25.7. The van der Waals surface area contributed by atoms with Gasteiger partial charge in [-0.3, -0.25) is 14.2 Å². The average molecular weight is 250 g/mol. The van der Waals surface area contributed by atoms with Gasteiger partial charge in [0.2, 0.25) is 0 Å². The number of nitrogens with zero attached hydrogens (tertiary/aromatic N) is 2. The molecule has 6 heteroatoms. The van der Waals surface area contributed by atoms with Crippen LogP contribution >= 0.6 is 0 Å². The number of rotatable bonds is 3. The summed E-state index contributed by atoms with van der Waals surface area (Å²) in [5.74, 6) is -0.658. The van der Waals surface area contributed by atoms with Gasteiger partial charge in [0.25, 0.3) is 11.2 Å². The Bertz CT molecular complexity index is 581. The van der Waals surface area contributed by atoms with E-state index in [9.17, 15) is 14.7 Å². The lowest BCUT2D eigenvalue weighted by Crippen LogP contribution is -2.24. The van der Waals surface area contributed by atoms with Gasteiger partial charge >= 0.3 is 5.97 Å². The van der Waals surface area contributed by atoms with Gasteiger partial charge in [-0.2, -0.15) is 0 Å². The van der Waals surface area contributed by atoms with E-state index in [-0.39, 0.29) is 24.7 Å². The first-order valence-corrected chi connectivity index (χ1v) is 5.34. The second-order valence-electron chi connectivity index (χ2n) is 3.83. The second kappa shape index (κ2) is 5.36. The van der Waals surface area contributed by atoms with E-state index in [0.29, 0.717) is 11.1 Å². The molecule has 0 aromatic carbocycles. The molecule has 0 aliphatic carbocycles. The molecule has 0 atom stereocenters. The monoisotopic (exact) mass is 250 g/mol. The van der Waals surface area contributed by atoms with Gasteiger partial charge in [0, 0.05) is 12.5 Å². The van der Waals surface area contributed by atoms with Crippen molar-refractivity contribution < 1.29 is 14.6 Å². The summed E-state index contributed by atoms with van der Waals surface area (Å²) in [7, 11) is 0. The zero-order chi connectivity index (χ0) is 13.9. The lowest BCUT2D eigenvalue weighted by atomic mass is 10.1. The number of hydrogen-bond acceptors (Lipinski definition) is 4. The first kappa shape index (κ1) is 13.8. The van der Waals surface area contributed by atoms with Crippen LogP contribution in [0, 0.1) is 20.4 Å². The zero-order valence-electron chi connectivity index (χ0n) is 10.5. The third-order valence-electron chi connectivity index (χ3n) is 2.69. The maximum absolute atomic E-state index is 11.9. The maximum atomic E-state index is 11.9. The van der Waals surface area contributed by atoms with Gasteiger partial charge in [-0.15, -0.1) is 0 Å². The molecule has 0 fully saturated rings. The minimum absolute atomic E-state index is 0.0203. The first-order chi connectivity index (χ1) is 8.40. The first-order valence-electron chi connectivity index (χ1n) is 5.34. The van der Waals surface area contributed by atoms with Crippen LogP contribution < -0.4 is 5.56 Å². The van der Waals surface area contributed by atoms with Crippen LogP contribution in [0.5, 0.6) is 5.88 Å². The molecule has 0 amide bonds. The molecule has 0 spiro atoms. The summed E-state index contributed by atoms with van der Waals surface area (Å²) in [6.45, 7) is 11.5. The van der Waals surface area contributed by atoms with E-state index in [1.54, 1.807) is 13.8 Å². The van der Waals surface area contributed by atoms with Crippen LogP contribution in [-0.2, 0) is 16.1 Å². The number of pyridine rings is 1. The maximum Gasteiger partial charge on any atom is 0.302 e. The van der Waals surface area contributed by atoms with E-state index in [4.69, 9.17) is 11.3 Å². The van der Waals surface area contributed by atoms with Crippen molar-refractivity contribution in [2.45, 2.75) is 27.3 Å². The molecule has 1 rings (SSSR count). The zero-order valence-corrected chi connectivity index (χ0v) is 10.5. The molecule has 0 bridgehead atoms. The molecule has 0 radical (unpaired) electrons. The van der Waals surface area contributed by atoms with Crippen molar-refractivity contribution in [1.29, 1.82) is 0 Å². The highest BCUT2D eigenvalue weighted by molar-refractivity contribution is 5.65. The van der Waals surface area contributed by atoms with Crippen LogP contribution in [0.4, 0.5) is 5.69 Å². The number of carbonyl (C=O) groups is 1. The van der Waals surface area contributed by atoms with E-state index >= 15 is 0 Å². The Hall–Kier alpha value is -2.29. The highest BCUT2D eigenvalue weighted by atomic mass is 16.5. The molecule has 0 unspecified atom stereocenters. The molecule has 1 heterocycles. The lowest BCUT2D eigenvalue weighted by Gasteiger charge is -2.13. The van der Waals surface area contributed by atoms with Crippen molar-refractivity contribution in [2.24, 2.45) is 0 Å². The molecule has 0 aliphatic rings.